The molecule has 2 N–H and O–H groups in total. The van der Waals surface area contributed by atoms with E-state index >= 15 is 0 Å². The first-order valence-corrected chi connectivity index (χ1v) is 7.80. The second kappa shape index (κ2) is 5.67. The standard InChI is InChI=1S/C19H20N2O3/c1-11-8-9-13(10-12(11)2)17(22)20-14-6-5-7-15-16(14)21-18(23)19(3,4)24-15/h5-10H,1-4H3,(H,20,22)(H,21,23). The van der Waals surface area contributed by atoms with Crippen LogP contribution >= 0.6 is 0 Å². The maximum Gasteiger partial charge on any atom is 0.268 e. The van der Waals surface area contributed by atoms with Crippen molar-refractivity contribution in [2.24, 2.45) is 0 Å². The van der Waals surface area contributed by atoms with E-state index < -0.39 is 5.60 Å². The average molecular weight is 324 g/mol. The predicted octanol–water partition coefficient (Wildman–Crippen LogP) is 3.67. The number of hydrogen-bond donors (Lipinski definition) is 2. The Kier molecular flexibility index (Phi) is 3.79. The molecule has 2 aromatic carbocycles. The highest BCUT2D eigenvalue weighted by Gasteiger charge is 2.36. The van der Waals surface area contributed by atoms with Crippen LogP contribution in [0.2, 0.25) is 0 Å². The van der Waals surface area contributed by atoms with E-state index in [0.717, 1.165) is 11.1 Å². The number of rotatable bonds is 2. The zero-order valence-electron chi connectivity index (χ0n) is 14.2. The molecule has 124 valence electrons. The molecule has 3 rings (SSSR count). The van der Waals surface area contributed by atoms with Crippen molar-refractivity contribution in [3.63, 3.8) is 0 Å². The number of nitrogens with one attached hydrogen (secondary N) is 2. The first-order chi connectivity index (χ1) is 11.3. The quantitative estimate of drug-likeness (QED) is 0.886. The molecule has 0 aromatic heterocycles. The van der Waals surface area contributed by atoms with Crippen molar-refractivity contribution in [1.82, 2.24) is 0 Å². The van der Waals surface area contributed by atoms with Gasteiger partial charge in [-0.15, -0.1) is 0 Å². The highest BCUT2D eigenvalue weighted by Crippen LogP contribution is 2.39. The van der Waals surface area contributed by atoms with Gasteiger partial charge in [0.15, 0.2) is 5.60 Å². The van der Waals surface area contributed by atoms with Crippen molar-refractivity contribution in [2.45, 2.75) is 33.3 Å². The van der Waals surface area contributed by atoms with Crippen LogP contribution in [0.3, 0.4) is 0 Å². The van der Waals surface area contributed by atoms with Crippen LogP contribution < -0.4 is 15.4 Å². The van der Waals surface area contributed by atoms with Crippen LogP contribution in [0, 0.1) is 13.8 Å². The lowest BCUT2D eigenvalue weighted by Crippen LogP contribution is -2.45. The van der Waals surface area contributed by atoms with Crippen LogP contribution in [-0.4, -0.2) is 17.4 Å². The maximum atomic E-state index is 12.5. The van der Waals surface area contributed by atoms with Crippen molar-refractivity contribution in [3.05, 3.63) is 53.1 Å². The Labute approximate surface area is 141 Å². The van der Waals surface area contributed by atoms with Gasteiger partial charge in [-0.1, -0.05) is 12.1 Å². The van der Waals surface area contributed by atoms with Gasteiger partial charge >= 0.3 is 0 Å². The number of ether oxygens (including phenoxy) is 1. The largest absolute Gasteiger partial charge is 0.476 e. The Morgan fingerprint density at radius 1 is 1.12 bits per heavy atom. The van der Waals surface area contributed by atoms with Crippen LogP contribution in [0.25, 0.3) is 0 Å². The fourth-order valence-electron chi connectivity index (χ4n) is 2.51. The molecule has 1 aliphatic heterocycles. The summed E-state index contributed by atoms with van der Waals surface area (Å²) in [7, 11) is 0. The van der Waals surface area contributed by atoms with Crippen molar-refractivity contribution in [1.29, 1.82) is 0 Å². The molecule has 24 heavy (non-hydrogen) atoms. The second-order valence-corrected chi connectivity index (χ2v) is 6.50. The first-order valence-electron chi connectivity index (χ1n) is 7.80. The fraction of sp³-hybridized carbons (Fsp3) is 0.263. The molecule has 0 aliphatic carbocycles. The molecule has 1 heterocycles. The molecule has 5 nitrogen and oxygen atoms in total. The number of carbonyl (C=O) groups excluding carboxylic acids is 2. The first kappa shape index (κ1) is 16.1. The zero-order valence-corrected chi connectivity index (χ0v) is 14.2. The molecule has 1 aliphatic rings. The monoisotopic (exact) mass is 324 g/mol. The smallest absolute Gasteiger partial charge is 0.268 e. The normalized spacial score (nSPS) is 15.1. The number of aryl methyl sites for hydroxylation is 2. The number of amides is 2. The van der Waals surface area contributed by atoms with Crippen molar-refractivity contribution >= 4 is 23.2 Å². The van der Waals surface area contributed by atoms with Gasteiger partial charge < -0.3 is 15.4 Å². The van der Waals surface area contributed by atoms with E-state index in [1.54, 1.807) is 38.1 Å². The molecule has 5 heteroatoms. The Morgan fingerprint density at radius 3 is 2.58 bits per heavy atom. The Morgan fingerprint density at radius 2 is 1.88 bits per heavy atom. The van der Waals surface area contributed by atoms with E-state index in [9.17, 15) is 9.59 Å². The van der Waals surface area contributed by atoms with Crippen molar-refractivity contribution < 1.29 is 14.3 Å². The molecule has 0 saturated carbocycles. The van der Waals surface area contributed by atoms with E-state index in [1.807, 2.05) is 26.0 Å². The minimum Gasteiger partial charge on any atom is -0.476 e. The Bertz CT molecular complexity index is 841. The van der Waals surface area contributed by atoms with Gasteiger partial charge in [0.05, 0.1) is 5.69 Å². The number of benzene rings is 2. The molecule has 2 aromatic rings. The topological polar surface area (TPSA) is 67.4 Å². The molecular formula is C19H20N2O3. The summed E-state index contributed by atoms with van der Waals surface area (Å²) in [5.41, 5.74) is 2.81. The lowest BCUT2D eigenvalue weighted by atomic mass is 10.0. The highest BCUT2D eigenvalue weighted by atomic mass is 16.5. The van der Waals surface area contributed by atoms with Gasteiger partial charge in [0.25, 0.3) is 11.8 Å². The summed E-state index contributed by atoms with van der Waals surface area (Å²) in [6.45, 7) is 7.36. The third kappa shape index (κ3) is 2.85. The summed E-state index contributed by atoms with van der Waals surface area (Å²) in [4.78, 5) is 24.6. The highest BCUT2D eigenvalue weighted by molar-refractivity contribution is 6.09. The lowest BCUT2D eigenvalue weighted by molar-refractivity contribution is -0.129. The number of hydrogen-bond acceptors (Lipinski definition) is 3. The molecule has 0 bridgehead atoms. The Hall–Kier alpha value is -2.82. The molecule has 0 saturated heterocycles. The van der Waals surface area contributed by atoms with E-state index in [1.165, 1.54) is 0 Å². The summed E-state index contributed by atoms with van der Waals surface area (Å²) in [5, 5.41) is 5.66. The minimum atomic E-state index is -0.941. The maximum absolute atomic E-state index is 12.5. The molecule has 0 radical (unpaired) electrons. The molecule has 0 spiro atoms. The molecule has 2 amide bonds. The number of para-hydroxylation sites is 1. The van der Waals surface area contributed by atoms with Gasteiger partial charge in [0, 0.05) is 5.56 Å². The third-order valence-corrected chi connectivity index (χ3v) is 4.19. The third-order valence-electron chi connectivity index (χ3n) is 4.19. The summed E-state index contributed by atoms with van der Waals surface area (Å²) in [6, 6.07) is 10.8. The van der Waals surface area contributed by atoms with Gasteiger partial charge in [-0.05, 0) is 63.1 Å². The van der Waals surface area contributed by atoms with Crippen molar-refractivity contribution in [2.75, 3.05) is 10.6 Å². The number of anilines is 2. The van der Waals surface area contributed by atoms with Crippen LogP contribution in [0.1, 0.15) is 35.3 Å². The predicted molar refractivity (Wildman–Crippen MR) is 93.6 cm³/mol. The molecule has 0 unspecified atom stereocenters. The van der Waals surface area contributed by atoms with Crippen LogP contribution in [-0.2, 0) is 4.79 Å². The fourth-order valence-corrected chi connectivity index (χ4v) is 2.51. The average Bonchev–Trinajstić information content (AvgIpc) is 2.51. The van der Waals surface area contributed by atoms with E-state index in [2.05, 4.69) is 10.6 Å². The Balaban J connectivity index is 1.90. The van der Waals surface area contributed by atoms with Gasteiger partial charge in [0.1, 0.15) is 11.4 Å². The second-order valence-electron chi connectivity index (χ2n) is 6.50. The molecule has 0 fully saturated rings. The van der Waals surface area contributed by atoms with E-state index in [0.29, 0.717) is 22.7 Å². The van der Waals surface area contributed by atoms with Gasteiger partial charge in [-0.2, -0.15) is 0 Å². The van der Waals surface area contributed by atoms with Gasteiger partial charge in [-0.3, -0.25) is 9.59 Å². The van der Waals surface area contributed by atoms with Crippen LogP contribution in [0.5, 0.6) is 5.75 Å². The number of fused-ring (bicyclic) bond motifs is 1. The van der Waals surface area contributed by atoms with Crippen molar-refractivity contribution in [3.8, 4) is 5.75 Å². The SMILES string of the molecule is Cc1ccc(C(=O)Nc2cccc3c2NC(=O)C(C)(C)O3)cc1C. The summed E-state index contributed by atoms with van der Waals surface area (Å²) < 4.78 is 5.73. The van der Waals surface area contributed by atoms with E-state index in [4.69, 9.17) is 4.74 Å². The summed E-state index contributed by atoms with van der Waals surface area (Å²) in [5.74, 6) is 0.0611. The number of carbonyl (C=O) groups is 2. The zero-order chi connectivity index (χ0) is 17.5. The molecule has 0 atom stereocenters. The minimum absolute atomic E-state index is 0.231. The summed E-state index contributed by atoms with van der Waals surface area (Å²) in [6.07, 6.45) is 0. The van der Waals surface area contributed by atoms with Gasteiger partial charge in [-0.25, -0.2) is 0 Å². The lowest BCUT2D eigenvalue weighted by Gasteiger charge is -2.32. The summed E-state index contributed by atoms with van der Waals surface area (Å²) >= 11 is 0. The van der Waals surface area contributed by atoms with Crippen LogP contribution in [0.4, 0.5) is 11.4 Å². The van der Waals surface area contributed by atoms with E-state index in [-0.39, 0.29) is 11.8 Å². The molecular weight excluding hydrogens is 304 g/mol. The van der Waals surface area contributed by atoms with Gasteiger partial charge in [0.2, 0.25) is 0 Å². The van der Waals surface area contributed by atoms with Crippen LogP contribution in [0.15, 0.2) is 36.4 Å².